The summed E-state index contributed by atoms with van der Waals surface area (Å²) in [5.74, 6) is -0.0276. The van der Waals surface area contributed by atoms with Crippen LogP contribution in [0.15, 0.2) is 89.2 Å². The van der Waals surface area contributed by atoms with E-state index in [1.807, 2.05) is 6.07 Å². The van der Waals surface area contributed by atoms with Crippen LogP contribution in [0.4, 0.5) is 0 Å². The minimum absolute atomic E-state index is 0.0276. The van der Waals surface area contributed by atoms with Crippen LogP contribution in [-0.4, -0.2) is 39.2 Å². The van der Waals surface area contributed by atoms with Crippen LogP contribution in [0.25, 0.3) is 16.7 Å². The van der Waals surface area contributed by atoms with Gasteiger partial charge in [-0.05, 0) is 66.9 Å². The molecule has 5 rings (SSSR count). The van der Waals surface area contributed by atoms with Crippen molar-refractivity contribution in [3.05, 3.63) is 96.1 Å². The molecule has 0 fully saturated rings. The maximum absolute atomic E-state index is 13.2. The molecule has 0 atom stereocenters. The number of pyridine rings is 1. The standard InChI is InChI=1S/C25H21N5O3S/c1-17-13-21(30-12-2-11-28-30)6-10-24(17)34(32,33)22-7-3-18(4-8-22)5-9-23(31)19-14-20-16-27-29-25(20)26-15-19/h2-4,6-8,10-16H,5,9H2,1H3,(H,26,27,29). The lowest BCUT2D eigenvalue weighted by molar-refractivity contribution is 0.0982. The van der Waals surface area contributed by atoms with Crippen molar-refractivity contribution in [2.24, 2.45) is 0 Å². The van der Waals surface area contributed by atoms with E-state index in [2.05, 4.69) is 20.3 Å². The summed E-state index contributed by atoms with van der Waals surface area (Å²) in [4.78, 5) is 17.2. The lowest BCUT2D eigenvalue weighted by Crippen LogP contribution is -2.06. The van der Waals surface area contributed by atoms with Crippen LogP contribution in [0.5, 0.6) is 0 Å². The van der Waals surface area contributed by atoms with Crippen molar-refractivity contribution in [2.75, 3.05) is 0 Å². The number of aromatic nitrogens is 5. The predicted octanol–water partition coefficient (Wildman–Crippen LogP) is 4.10. The maximum atomic E-state index is 13.2. The molecule has 0 saturated heterocycles. The second kappa shape index (κ2) is 8.68. The highest BCUT2D eigenvalue weighted by Gasteiger charge is 2.20. The Labute approximate surface area is 196 Å². The molecule has 8 nitrogen and oxygen atoms in total. The number of aryl methyl sites for hydroxylation is 2. The topological polar surface area (TPSA) is 111 Å². The summed E-state index contributed by atoms with van der Waals surface area (Å²) in [6.45, 7) is 1.77. The number of ketones is 1. The normalized spacial score (nSPS) is 11.7. The maximum Gasteiger partial charge on any atom is 0.206 e. The quantitative estimate of drug-likeness (QED) is 0.358. The number of fused-ring (bicyclic) bond motifs is 1. The van der Waals surface area contributed by atoms with Crippen molar-refractivity contribution < 1.29 is 13.2 Å². The van der Waals surface area contributed by atoms with Crippen molar-refractivity contribution in [1.29, 1.82) is 0 Å². The molecular weight excluding hydrogens is 450 g/mol. The molecule has 0 amide bonds. The average molecular weight is 472 g/mol. The summed E-state index contributed by atoms with van der Waals surface area (Å²) in [7, 11) is -3.68. The van der Waals surface area contributed by atoms with E-state index < -0.39 is 9.84 Å². The zero-order chi connectivity index (χ0) is 23.7. The molecule has 0 aliphatic rings. The van der Waals surface area contributed by atoms with E-state index in [9.17, 15) is 13.2 Å². The van der Waals surface area contributed by atoms with Crippen molar-refractivity contribution in [3.63, 3.8) is 0 Å². The number of sulfone groups is 1. The van der Waals surface area contributed by atoms with Gasteiger partial charge in [-0.2, -0.15) is 10.2 Å². The fourth-order valence-electron chi connectivity index (χ4n) is 3.85. The highest BCUT2D eigenvalue weighted by atomic mass is 32.2. The van der Waals surface area contributed by atoms with E-state index in [0.717, 1.165) is 16.6 Å². The van der Waals surface area contributed by atoms with Gasteiger partial charge in [0.2, 0.25) is 9.84 Å². The number of carbonyl (C=O) groups excluding carboxylic acids is 1. The minimum atomic E-state index is -3.68. The summed E-state index contributed by atoms with van der Waals surface area (Å²) < 4.78 is 28.1. The Morgan fingerprint density at radius 2 is 1.88 bits per heavy atom. The number of benzene rings is 2. The molecule has 3 aromatic heterocycles. The van der Waals surface area contributed by atoms with Gasteiger partial charge in [0.1, 0.15) is 0 Å². The molecule has 0 spiro atoms. The van der Waals surface area contributed by atoms with Crippen LogP contribution >= 0.6 is 0 Å². The number of nitrogens with zero attached hydrogens (tertiary/aromatic N) is 4. The van der Waals surface area contributed by atoms with Gasteiger partial charge in [0.25, 0.3) is 0 Å². The average Bonchev–Trinajstić information content (AvgIpc) is 3.54. The van der Waals surface area contributed by atoms with Crippen LogP contribution in [0.2, 0.25) is 0 Å². The number of aromatic amines is 1. The van der Waals surface area contributed by atoms with Gasteiger partial charge in [0.15, 0.2) is 11.4 Å². The highest BCUT2D eigenvalue weighted by molar-refractivity contribution is 7.91. The number of hydrogen-bond acceptors (Lipinski definition) is 6. The van der Waals surface area contributed by atoms with Crippen LogP contribution < -0.4 is 0 Å². The number of nitrogens with one attached hydrogen (secondary N) is 1. The van der Waals surface area contributed by atoms with Crippen molar-refractivity contribution in [2.45, 2.75) is 29.6 Å². The Morgan fingerprint density at radius 1 is 1.06 bits per heavy atom. The molecule has 1 N–H and O–H groups in total. The molecule has 0 radical (unpaired) electrons. The molecule has 0 aliphatic carbocycles. The van der Waals surface area contributed by atoms with Gasteiger partial charge in [-0.25, -0.2) is 18.1 Å². The SMILES string of the molecule is Cc1cc(-n2cccn2)ccc1S(=O)(=O)c1ccc(CCC(=O)c2cnc3[nH]ncc3c2)cc1. The zero-order valence-corrected chi connectivity index (χ0v) is 19.2. The number of Topliss-reactive ketones (excluding diaryl/α,β-unsaturated/α-hetero) is 1. The van der Waals surface area contributed by atoms with E-state index >= 15 is 0 Å². The molecule has 34 heavy (non-hydrogen) atoms. The summed E-state index contributed by atoms with van der Waals surface area (Å²) >= 11 is 0. The third-order valence-electron chi connectivity index (χ3n) is 5.70. The smallest absolute Gasteiger partial charge is 0.206 e. The Hall–Kier alpha value is -4.11. The highest BCUT2D eigenvalue weighted by Crippen LogP contribution is 2.26. The molecule has 0 saturated carbocycles. The fourth-order valence-corrected chi connectivity index (χ4v) is 5.33. The molecule has 2 aromatic carbocycles. The van der Waals surface area contributed by atoms with Crippen molar-refractivity contribution >= 4 is 26.7 Å². The Kier molecular flexibility index (Phi) is 5.54. The van der Waals surface area contributed by atoms with Crippen LogP contribution in [0.3, 0.4) is 0 Å². The number of carbonyl (C=O) groups is 1. The van der Waals surface area contributed by atoms with E-state index in [-0.39, 0.29) is 15.6 Å². The number of rotatable bonds is 7. The lowest BCUT2D eigenvalue weighted by Gasteiger charge is -2.11. The van der Waals surface area contributed by atoms with E-state index in [4.69, 9.17) is 0 Å². The monoisotopic (exact) mass is 471 g/mol. The first kappa shape index (κ1) is 21.7. The third kappa shape index (κ3) is 4.13. The molecule has 0 bridgehead atoms. The fraction of sp³-hybridized carbons (Fsp3) is 0.120. The first-order valence-electron chi connectivity index (χ1n) is 10.7. The Bertz CT molecular complexity index is 1590. The van der Waals surface area contributed by atoms with Gasteiger partial charge in [0, 0.05) is 36.0 Å². The molecule has 0 unspecified atom stereocenters. The Balaban J connectivity index is 1.29. The van der Waals surface area contributed by atoms with Gasteiger partial charge in [0.05, 0.1) is 21.7 Å². The second-order valence-corrected chi connectivity index (χ2v) is 9.92. The molecule has 9 heteroatoms. The van der Waals surface area contributed by atoms with Gasteiger partial charge < -0.3 is 0 Å². The van der Waals surface area contributed by atoms with Crippen LogP contribution in [0, 0.1) is 6.92 Å². The van der Waals surface area contributed by atoms with E-state index in [1.165, 1.54) is 0 Å². The predicted molar refractivity (Wildman–Crippen MR) is 127 cm³/mol. The zero-order valence-electron chi connectivity index (χ0n) is 18.3. The van der Waals surface area contributed by atoms with E-state index in [1.54, 1.807) is 84.9 Å². The minimum Gasteiger partial charge on any atom is -0.294 e. The van der Waals surface area contributed by atoms with Gasteiger partial charge in [-0.1, -0.05) is 12.1 Å². The number of hydrogen-bond donors (Lipinski definition) is 1. The lowest BCUT2D eigenvalue weighted by atomic mass is 10.0. The summed E-state index contributed by atoms with van der Waals surface area (Å²) in [6.07, 6.45) is 7.44. The first-order valence-corrected chi connectivity index (χ1v) is 12.2. The molecule has 170 valence electrons. The molecule has 3 heterocycles. The summed E-state index contributed by atoms with van der Waals surface area (Å²) in [6, 6.07) is 15.4. The second-order valence-electron chi connectivity index (χ2n) is 8.00. The van der Waals surface area contributed by atoms with Crippen LogP contribution in [0.1, 0.15) is 27.9 Å². The first-order chi connectivity index (χ1) is 16.4. The summed E-state index contributed by atoms with van der Waals surface area (Å²) in [5, 5.41) is 11.6. The third-order valence-corrected chi connectivity index (χ3v) is 7.63. The molecular formula is C25H21N5O3S. The van der Waals surface area contributed by atoms with Gasteiger partial charge in [-0.3, -0.25) is 9.89 Å². The van der Waals surface area contributed by atoms with Gasteiger partial charge >= 0.3 is 0 Å². The number of H-pyrrole nitrogens is 1. The van der Waals surface area contributed by atoms with Crippen LogP contribution in [-0.2, 0) is 16.3 Å². The van der Waals surface area contributed by atoms with E-state index in [0.29, 0.717) is 29.6 Å². The summed E-state index contributed by atoms with van der Waals surface area (Å²) in [5.41, 5.74) is 3.49. The van der Waals surface area contributed by atoms with Crippen molar-refractivity contribution in [3.8, 4) is 5.69 Å². The van der Waals surface area contributed by atoms with Gasteiger partial charge in [-0.15, -0.1) is 0 Å². The molecule has 5 aromatic rings. The Morgan fingerprint density at radius 3 is 2.62 bits per heavy atom. The largest absolute Gasteiger partial charge is 0.294 e. The van der Waals surface area contributed by atoms with Crippen molar-refractivity contribution in [1.82, 2.24) is 25.0 Å². The molecule has 0 aliphatic heterocycles.